The molecule has 32 nitrogen and oxygen atoms in total. The number of carbonyl (C=O) groups is 8. The molecule has 120 heavy (non-hydrogen) atoms. The van der Waals surface area contributed by atoms with Gasteiger partial charge in [-0.25, -0.2) is 0 Å². The minimum absolute atomic E-state index is 0.108. The lowest BCUT2D eigenvalue weighted by molar-refractivity contribution is -0.385. The maximum Gasteiger partial charge on any atom is 0.282 e. The summed E-state index contributed by atoms with van der Waals surface area (Å²) in [6.07, 6.45) is 0. The van der Waals surface area contributed by atoms with Crippen molar-refractivity contribution in [2.75, 3.05) is 21.3 Å². The van der Waals surface area contributed by atoms with E-state index in [-0.39, 0.29) is 85.1 Å². The summed E-state index contributed by atoms with van der Waals surface area (Å²) < 4.78 is -0.0208. The van der Waals surface area contributed by atoms with Crippen molar-refractivity contribution in [2.24, 2.45) is 0 Å². The van der Waals surface area contributed by atoms with Crippen LogP contribution in [0.3, 0.4) is 0 Å². The molecule has 0 heterocycles. The number of hydrogen-bond acceptors (Lipinski definition) is 28. The van der Waals surface area contributed by atoms with E-state index in [1.165, 1.54) is 36.4 Å². The van der Waals surface area contributed by atoms with Crippen molar-refractivity contribution in [3.05, 3.63) is 337 Å². The Balaban J connectivity index is 0.000000138. The number of carbonyl (C=O) groups excluding carboxylic acids is 8. The number of anilines is 8. The zero-order chi connectivity index (χ0) is 87.0. The van der Waals surface area contributed by atoms with E-state index in [1.54, 1.807) is 97.1 Å². The smallest absolute Gasteiger partial charge is 0.282 e. The third-order valence-corrected chi connectivity index (χ3v) is 22.0. The van der Waals surface area contributed by atoms with Crippen LogP contribution in [0.4, 0.5) is 68.2 Å². The Morgan fingerprint density at radius 2 is 0.425 bits per heavy atom. The number of phenolic OH excluding ortho intramolecular Hbond substituents is 8. The van der Waals surface area contributed by atoms with Crippen molar-refractivity contribution >= 4 is 225 Å². The first-order valence-electron chi connectivity index (χ1n) is 33.5. The third kappa shape index (κ3) is 15.2. The molecule has 0 amide bonds. The van der Waals surface area contributed by atoms with Gasteiger partial charge in [0.15, 0.2) is 0 Å². The average Bonchev–Trinajstić information content (AvgIpc) is 0.740. The Labute approximate surface area is 722 Å². The average molecular weight is 1960 g/mol. The largest absolute Gasteiger partial charge is 0.507 e. The first kappa shape index (κ1) is 84.2. The Hall–Kier alpha value is -13.7. The Morgan fingerprint density at radius 1 is 0.233 bits per heavy atom. The second-order valence-corrected chi connectivity index (χ2v) is 30.8. The molecule has 12 N–H and O–H groups in total. The van der Waals surface area contributed by atoms with Crippen LogP contribution in [0.5, 0.6) is 46.0 Å². The first-order chi connectivity index (χ1) is 56.8. The molecule has 0 spiro atoms. The highest BCUT2D eigenvalue weighted by Gasteiger charge is 2.47. The minimum Gasteiger partial charge on any atom is -0.507 e. The molecule has 4 aliphatic rings. The van der Waals surface area contributed by atoms with Crippen LogP contribution in [0.2, 0.25) is 20.1 Å². The van der Waals surface area contributed by atoms with Gasteiger partial charge in [-0.2, -0.15) is 0 Å². The van der Waals surface area contributed by atoms with Gasteiger partial charge in [0.2, 0.25) is 46.3 Å². The molecule has 0 aliphatic heterocycles. The summed E-state index contributed by atoms with van der Waals surface area (Å²) in [4.78, 5) is 148. The number of fused-ring (bicyclic) bond motifs is 8. The van der Waals surface area contributed by atoms with Gasteiger partial charge < -0.3 is 62.1 Å². The van der Waals surface area contributed by atoms with Gasteiger partial charge in [-0.15, -0.1) is 0 Å². The summed E-state index contributed by atoms with van der Waals surface area (Å²) in [5.41, 5.74) is -6.43. The first-order valence-corrected chi connectivity index (χ1v) is 38.2. The molecule has 600 valence electrons. The highest BCUT2D eigenvalue weighted by molar-refractivity contribution is 9.11. The maximum absolute atomic E-state index is 13.4. The van der Waals surface area contributed by atoms with Gasteiger partial charge in [0, 0.05) is 67.1 Å². The summed E-state index contributed by atoms with van der Waals surface area (Å²) >= 11 is 35.7. The van der Waals surface area contributed by atoms with E-state index in [0.29, 0.717) is 42.8 Å². The lowest BCUT2D eigenvalue weighted by Gasteiger charge is -2.23. The molecule has 40 heteroatoms. The predicted molar refractivity (Wildman–Crippen MR) is 449 cm³/mol. The van der Waals surface area contributed by atoms with Gasteiger partial charge in [-0.1, -0.05) is 46.4 Å². The highest BCUT2D eigenvalue weighted by atomic mass is 79.9. The molecule has 12 aromatic rings. The van der Waals surface area contributed by atoms with E-state index >= 15 is 0 Å². The number of nitrogens with one attached hydrogen (secondary N) is 4. The summed E-state index contributed by atoms with van der Waals surface area (Å²) in [6, 6.07) is 39.7. The normalized spacial score (nSPS) is 12.3. The number of nitro benzene ring substituents is 4. The minimum atomic E-state index is -0.926. The summed E-state index contributed by atoms with van der Waals surface area (Å²) in [5, 5.41) is 142. The van der Waals surface area contributed by atoms with E-state index in [9.17, 15) is 120 Å². The standard InChI is InChI=1S/C20H9Br2ClN2O6.2C20H10BrClN2O6.C20H11ClN2O6/c21-9-5-11(24-8-3-1-7(23)2-4-8)13-15(17(9)26)20(29)16-14(19(13)28)12(25(30)31)6-10(22)18(16)27;21-10-7-11(23-9-3-1-8(22)2-4-9)14-17(18(10)26)20(28)16-13(25)6-5-12(24(29)30)15(16)19(14)27;21-10-7-12(24(29)30)15-17(18(10)26)20(28)16-13(25)6-5-11(14(16)19(15)27)23-9-3-1-8(22)2-4-9;21-9-1-3-10(4-2-9)22-11-5-7-13(24)17-15(11)19(26)16-12(23(28)29)6-8-14(25)18(16)20(17)27/h1-6,24,26-27H;2*1-7,23,25-26H;1-8,22,24-25H. The maximum atomic E-state index is 13.4. The van der Waals surface area contributed by atoms with Crippen molar-refractivity contribution in [1.82, 2.24) is 0 Å². The lowest BCUT2D eigenvalue weighted by Crippen LogP contribution is -2.24. The predicted octanol–water partition coefficient (Wildman–Crippen LogP) is 19.8. The molecule has 0 radical (unpaired) electrons. The van der Waals surface area contributed by atoms with Crippen molar-refractivity contribution in [3.8, 4) is 46.0 Å². The molecule has 0 atom stereocenters. The quantitative estimate of drug-likeness (QED) is 0.0307. The number of hydrogen-bond donors (Lipinski definition) is 12. The van der Waals surface area contributed by atoms with Gasteiger partial charge in [-0.05, 0) is 209 Å². The van der Waals surface area contributed by atoms with Crippen LogP contribution in [0.1, 0.15) is 127 Å². The van der Waals surface area contributed by atoms with E-state index < -0.39 is 179 Å². The second-order valence-electron chi connectivity index (χ2n) is 25.6. The van der Waals surface area contributed by atoms with Crippen molar-refractivity contribution in [2.45, 2.75) is 0 Å². The van der Waals surface area contributed by atoms with Gasteiger partial charge in [-0.3, -0.25) is 78.8 Å². The Kier molecular flexibility index (Phi) is 23.2. The number of rotatable bonds is 12. The summed E-state index contributed by atoms with van der Waals surface area (Å²) in [7, 11) is 0. The van der Waals surface area contributed by atoms with Crippen LogP contribution in [-0.4, -0.2) is 107 Å². The molecular weight excluding hydrogens is 1920 g/mol. The molecule has 0 bridgehead atoms. The molecule has 0 aromatic heterocycles. The van der Waals surface area contributed by atoms with Crippen molar-refractivity contribution in [3.63, 3.8) is 0 Å². The van der Waals surface area contributed by atoms with Gasteiger partial charge in [0.05, 0.1) is 127 Å². The Bertz CT molecular complexity index is 6680. The number of aromatic hydroxyl groups is 8. The molecular formula is C80H40Br4Cl4N8O24. The Morgan fingerprint density at radius 3 is 0.692 bits per heavy atom. The van der Waals surface area contributed by atoms with Crippen LogP contribution in [-0.2, 0) is 0 Å². The van der Waals surface area contributed by atoms with Crippen LogP contribution < -0.4 is 21.3 Å². The number of halogens is 8. The topological polar surface area (TPSA) is 519 Å². The fourth-order valence-corrected chi connectivity index (χ4v) is 15.5. The lowest BCUT2D eigenvalue weighted by atomic mass is 9.81. The van der Waals surface area contributed by atoms with Crippen molar-refractivity contribution in [1.29, 1.82) is 0 Å². The molecule has 16 rings (SSSR count). The number of phenols is 8. The highest BCUT2D eigenvalue weighted by Crippen LogP contribution is 2.52. The van der Waals surface area contributed by atoms with Crippen LogP contribution in [0.25, 0.3) is 0 Å². The number of ketones is 8. The van der Waals surface area contributed by atoms with Crippen LogP contribution >= 0.6 is 110 Å². The van der Waals surface area contributed by atoms with Crippen LogP contribution in [0, 0.1) is 40.5 Å². The van der Waals surface area contributed by atoms with Gasteiger partial charge in [0.1, 0.15) is 68.2 Å². The number of nitrogens with zero attached hydrogens (tertiary/aromatic N) is 4. The van der Waals surface area contributed by atoms with Crippen LogP contribution in [0.15, 0.2) is 188 Å². The number of nitro groups is 4. The van der Waals surface area contributed by atoms with E-state index in [0.717, 1.165) is 36.4 Å². The fourth-order valence-electron chi connectivity index (χ4n) is 13.3. The number of benzene rings is 12. The zero-order valence-corrected chi connectivity index (χ0v) is 68.5. The SMILES string of the molecule is O=C1c2c(Nc3ccc(Cl)cc3)cc(Br)c(O)c2C(=O)c2c(O)c(Br)cc([N+](=O)[O-])c21.O=C1c2c(Nc3ccc(Cl)cc3)cc(Br)c(O)c2C(=O)c2c(O)ccc([N+](=O)[O-])c21.O=C1c2c(Nc3ccc(Cl)cc3)ccc(O)c2C(=O)c2c(O)c(Br)cc([N+](=O)[O-])c21.O=C1c2c(O)ccc(Nc3ccc(Cl)cc3)c2C(=O)c2c([N+](=O)[O-])ccc(O)c21. The molecule has 12 aromatic carbocycles. The van der Waals surface area contributed by atoms with Gasteiger partial charge >= 0.3 is 0 Å². The van der Waals surface area contributed by atoms with E-state index in [2.05, 4.69) is 85.0 Å². The fraction of sp³-hybridized carbons (Fsp3) is 0. The summed E-state index contributed by atoms with van der Waals surface area (Å²) in [6.45, 7) is 0. The third-order valence-electron chi connectivity index (χ3n) is 18.6. The second kappa shape index (κ2) is 33.0. The molecule has 0 saturated carbocycles. The van der Waals surface area contributed by atoms with E-state index in [1.807, 2.05) is 0 Å². The van der Waals surface area contributed by atoms with Gasteiger partial charge in [0.25, 0.3) is 22.7 Å². The molecule has 0 fully saturated rings. The zero-order valence-electron chi connectivity index (χ0n) is 59.1. The van der Waals surface area contributed by atoms with E-state index in [4.69, 9.17) is 46.4 Å². The molecule has 0 unspecified atom stereocenters. The van der Waals surface area contributed by atoms with Crippen molar-refractivity contribution < 1.29 is 98.9 Å². The monoisotopic (exact) mass is 1950 g/mol. The molecule has 0 saturated heterocycles. The summed E-state index contributed by atoms with van der Waals surface area (Å²) in [5.74, 6) is -11.5. The molecule has 4 aliphatic carbocycles.